The van der Waals surface area contributed by atoms with Crippen LogP contribution in [0, 0.1) is 11.3 Å². The number of hydrogen-bond acceptors (Lipinski definition) is 7. The van der Waals surface area contributed by atoms with E-state index < -0.39 is 5.91 Å². The van der Waals surface area contributed by atoms with Crippen molar-refractivity contribution in [3.05, 3.63) is 94.5 Å². The second-order valence-electron chi connectivity index (χ2n) is 10.1. The van der Waals surface area contributed by atoms with Crippen molar-refractivity contribution in [2.45, 2.75) is 25.3 Å². The van der Waals surface area contributed by atoms with E-state index in [1.807, 2.05) is 0 Å². The van der Waals surface area contributed by atoms with E-state index in [-0.39, 0.29) is 52.7 Å². The van der Waals surface area contributed by atoms with Crippen molar-refractivity contribution in [3.8, 4) is 40.0 Å². The molecule has 44 heavy (non-hydrogen) atoms. The molecular formula is C33H31Cl2N5O4. The summed E-state index contributed by atoms with van der Waals surface area (Å²) < 4.78 is 5.33. The zero-order valence-electron chi connectivity index (χ0n) is 23.9. The summed E-state index contributed by atoms with van der Waals surface area (Å²) in [4.78, 5) is 31.0. The minimum absolute atomic E-state index is 0. The van der Waals surface area contributed by atoms with E-state index in [1.165, 1.54) is 13.2 Å². The van der Waals surface area contributed by atoms with Crippen LogP contribution < -0.4 is 20.7 Å². The number of piperidine rings is 1. The summed E-state index contributed by atoms with van der Waals surface area (Å²) in [6.07, 6.45) is 3.27. The number of carbonyl (C=O) groups excluding carboxylic acids is 2. The molecule has 1 atom stereocenters. The Bertz CT molecular complexity index is 1720. The van der Waals surface area contributed by atoms with Gasteiger partial charge in [0.2, 0.25) is 0 Å². The SMILES string of the molecule is COc1ccccc1C(=O)Nc1nc(-c2ccc(Cl)cc2O)cc(-c2cccc(C(=O)NCC3CCCCN3)c2)c1C#N.Cl. The number of phenols is 1. The first-order chi connectivity index (χ1) is 20.9. The molecule has 4 N–H and O–H groups in total. The summed E-state index contributed by atoms with van der Waals surface area (Å²) >= 11 is 6.06. The number of aromatic nitrogens is 1. The number of nitriles is 1. The van der Waals surface area contributed by atoms with Gasteiger partial charge in [-0.05, 0) is 73.5 Å². The van der Waals surface area contributed by atoms with Crippen molar-refractivity contribution in [3.63, 3.8) is 0 Å². The van der Waals surface area contributed by atoms with Gasteiger partial charge >= 0.3 is 0 Å². The molecule has 1 aliphatic heterocycles. The van der Waals surface area contributed by atoms with Crippen LogP contribution in [0.1, 0.15) is 45.5 Å². The number of methoxy groups -OCH3 is 1. The molecule has 0 saturated carbocycles. The predicted molar refractivity (Wildman–Crippen MR) is 173 cm³/mol. The molecule has 4 aromatic rings. The number of pyridine rings is 1. The number of nitrogens with one attached hydrogen (secondary N) is 3. The second kappa shape index (κ2) is 14.7. The third kappa shape index (κ3) is 7.29. The van der Waals surface area contributed by atoms with Crippen LogP contribution in [0.25, 0.3) is 22.4 Å². The van der Waals surface area contributed by atoms with Crippen LogP contribution in [0.2, 0.25) is 5.02 Å². The highest BCUT2D eigenvalue weighted by Gasteiger charge is 2.22. The van der Waals surface area contributed by atoms with E-state index in [0.717, 1.165) is 25.8 Å². The van der Waals surface area contributed by atoms with Crippen molar-refractivity contribution in [1.29, 1.82) is 5.26 Å². The van der Waals surface area contributed by atoms with Gasteiger partial charge in [-0.25, -0.2) is 4.98 Å². The molecule has 9 nitrogen and oxygen atoms in total. The fraction of sp³-hybridized carbons (Fsp3) is 0.212. The standard InChI is InChI=1S/C33H30ClN5O4.ClH/c1-43-30-11-3-2-10-25(30)33(42)39-31-27(18-35)26(17-28(38-31)24-13-12-22(34)16-29(24)40)20-7-6-8-21(15-20)32(41)37-19-23-9-4-5-14-36-23;/h2-3,6-8,10-13,15-17,23,36,40H,4-5,9,14,19H2,1H3,(H,37,41)(H,38,39,42);1H. The van der Waals surface area contributed by atoms with Gasteiger partial charge in [-0.1, -0.05) is 42.3 Å². The zero-order valence-corrected chi connectivity index (χ0v) is 25.5. The number of rotatable bonds is 8. The molecule has 0 spiro atoms. The lowest BCUT2D eigenvalue weighted by atomic mass is 9.96. The molecule has 2 heterocycles. The van der Waals surface area contributed by atoms with E-state index in [9.17, 15) is 20.0 Å². The molecule has 1 aliphatic rings. The molecule has 5 rings (SSSR count). The highest BCUT2D eigenvalue weighted by molar-refractivity contribution is 6.30. The molecular weight excluding hydrogens is 601 g/mol. The lowest BCUT2D eigenvalue weighted by Crippen LogP contribution is -2.43. The van der Waals surface area contributed by atoms with E-state index in [2.05, 4.69) is 27.0 Å². The quantitative estimate of drug-likeness (QED) is 0.182. The van der Waals surface area contributed by atoms with Gasteiger partial charge < -0.3 is 25.8 Å². The fourth-order valence-electron chi connectivity index (χ4n) is 5.09. The average Bonchev–Trinajstić information content (AvgIpc) is 3.03. The molecule has 3 aromatic carbocycles. The summed E-state index contributed by atoms with van der Waals surface area (Å²) in [5, 5.41) is 30.5. The summed E-state index contributed by atoms with van der Waals surface area (Å²) in [5.41, 5.74) is 2.37. The first-order valence-corrected chi connectivity index (χ1v) is 14.3. The minimum atomic E-state index is -0.533. The summed E-state index contributed by atoms with van der Waals surface area (Å²) in [6.45, 7) is 1.46. The number of benzene rings is 3. The van der Waals surface area contributed by atoms with Gasteiger partial charge in [-0.15, -0.1) is 12.4 Å². The van der Waals surface area contributed by atoms with E-state index in [0.29, 0.717) is 39.6 Å². The monoisotopic (exact) mass is 631 g/mol. The number of halogens is 2. The number of phenolic OH excluding ortho intramolecular Hbond substituents is 1. The average molecular weight is 633 g/mol. The van der Waals surface area contributed by atoms with Crippen LogP contribution in [0.15, 0.2) is 72.8 Å². The Morgan fingerprint density at radius 1 is 1.07 bits per heavy atom. The van der Waals surface area contributed by atoms with Gasteiger partial charge in [0, 0.05) is 34.3 Å². The molecule has 0 bridgehead atoms. The Labute approximate surface area is 266 Å². The number of carbonyl (C=O) groups is 2. The summed E-state index contributed by atoms with van der Waals surface area (Å²) in [7, 11) is 1.46. The topological polar surface area (TPSA) is 136 Å². The van der Waals surface area contributed by atoms with Crippen LogP contribution in [-0.4, -0.2) is 48.1 Å². The number of amides is 2. The summed E-state index contributed by atoms with van der Waals surface area (Å²) in [6, 6.07) is 22.2. The number of hydrogen-bond donors (Lipinski definition) is 4. The Morgan fingerprint density at radius 2 is 1.89 bits per heavy atom. The van der Waals surface area contributed by atoms with Crippen LogP contribution in [0.3, 0.4) is 0 Å². The third-order valence-corrected chi connectivity index (χ3v) is 7.54. The van der Waals surface area contributed by atoms with Crippen LogP contribution in [0.4, 0.5) is 5.82 Å². The van der Waals surface area contributed by atoms with E-state index >= 15 is 0 Å². The number of anilines is 1. The smallest absolute Gasteiger partial charge is 0.260 e. The maximum atomic E-state index is 13.3. The molecule has 11 heteroatoms. The van der Waals surface area contributed by atoms with Gasteiger partial charge in [0.05, 0.1) is 18.4 Å². The normalized spacial score (nSPS) is 14.1. The van der Waals surface area contributed by atoms with Crippen molar-refractivity contribution in [2.75, 3.05) is 25.5 Å². The fourth-order valence-corrected chi connectivity index (χ4v) is 5.25. The lowest BCUT2D eigenvalue weighted by molar-refractivity contribution is 0.0947. The molecule has 0 radical (unpaired) electrons. The largest absolute Gasteiger partial charge is 0.507 e. The Balaban J connectivity index is 0.00000442. The van der Waals surface area contributed by atoms with Crippen LogP contribution in [-0.2, 0) is 0 Å². The van der Waals surface area contributed by atoms with Gasteiger partial charge in [0.25, 0.3) is 11.8 Å². The Kier molecular flexibility index (Phi) is 10.8. The number of nitrogens with zero attached hydrogens (tertiary/aromatic N) is 2. The maximum absolute atomic E-state index is 13.3. The second-order valence-corrected chi connectivity index (χ2v) is 10.6. The molecule has 2 amide bonds. The molecule has 1 fully saturated rings. The van der Waals surface area contributed by atoms with E-state index in [4.69, 9.17) is 16.3 Å². The molecule has 1 aromatic heterocycles. The van der Waals surface area contributed by atoms with Crippen LogP contribution in [0.5, 0.6) is 11.5 Å². The Hall–Kier alpha value is -4.62. The molecule has 1 saturated heterocycles. The van der Waals surface area contributed by atoms with Crippen molar-refractivity contribution in [1.82, 2.24) is 15.6 Å². The van der Waals surface area contributed by atoms with Crippen LogP contribution >= 0.6 is 24.0 Å². The van der Waals surface area contributed by atoms with Gasteiger partial charge in [-0.3, -0.25) is 9.59 Å². The van der Waals surface area contributed by atoms with Gasteiger partial charge in [0.15, 0.2) is 5.82 Å². The minimum Gasteiger partial charge on any atom is -0.507 e. The predicted octanol–water partition coefficient (Wildman–Crippen LogP) is 6.20. The first-order valence-electron chi connectivity index (χ1n) is 13.9. The molecule has 1 unspecified atom stereocenters. The first kappa shape index (κ1) is 32.3. The van der Waals surface area contributed by atoms with E-state index in [1.54, 1.807) is 66.7 Å². The highest BCUT2D eigenvalue weighted by Crippen LogP contribution is 2.37. The zero-order chi connectivity index (χ0) is 30.3. The number of ether oxygens (including phenoxy) is 1. The lowest BCUT2D eigenvalue weighted by Gasteiger charge is -2.23. The molecule has 0 aliphatic carbocycles. The van der Waals surface area contributed by atoms with Gasteiger partial charge in [-0.2, -0.15) is 5.26 Å². The third-order valence-electron chi connectivity index (χ3n) is 7.31. The van der Waals surface area contributed by atoms with Crippen molar-refractivity contribution in [2.24, 2.45) is 0 Å². The van der Waals surface area contributed by atoms with Crippen molar-refractivity contribution < 1.29 is 19.4 Å². The van der Waals surface area contributed by atoms with Crippen molar-refractivity contribution >= 4 is 41.6 Å². The summed E-state index contributed by atoms with van der Waals surface area (Å²) in [5.74, 6) is -0.552. The molecule has 226 valence electrons. The number of aromatic hydroxyl groups is 1. The maximum Gasteiger partial charge on any atom is 0.260 e. The van der Waals surface area contributed by atoms with Gasteiger partial charge in [0.1, 0.15) is 23.1 Å². The highest BCUT2D eigenvalue weighted by atomic mass is 35.5. The Morgan fingerprint density at radius 3 is 2.61 bits per heavy atom. The number of para-hydroxylation sites is 1.